The maximum absolute atomic E-state index is 12.3. The summed E-state index contributed by atoms with van der Waals surface area (Å²) in [6, 6.07) is 17.8. The molecule has 0 bridgehead atoms. The van der Waals surface area contributed by atoms with E-state index in [1.165, 1.54) is 25.5 Å². The third-order valence-corrected chi connectivity index (χ3v) is 4.98. The Bertz CT molecular complexity index is 1100. The van der Waals surface area contributed by atoms with E-state index in [1.807, 2.05) is 43.3 Å². The first kappa shape index (κ1) is 23.1. The van der Waals surface area contributed by atoms with Gasteiger partial charge in [-0.1, -0.05) is 30.3 Å². The van der Waals surface area contributed by atoms with Crippen molar-refractivity contribution in [2.24, 2.45) is 5.10 Å². The SMILES string of the molecule is CCOc1cc(/C=N\NC(=O)c2ccc(OC)cc2O)cc(Br)c1OCc1ccccc1. The van der Waals surface area contributed by atoms with Crippen molar-refractivity contribution in [3.8, 4) is 23.0 Å². The van der Waals surface area contributed by atoms with E-state index in [0.717, 1.165) is 5.56 Å². The summed E-state index contributed by atoms with van der Waals surface area (Å²) in [6.45, 7) is 2.74. The van der Waals surface area contributed by atoms with Crippen LogP contribution in [-0.2, 0) is 6.61 Å². The molecule has 0 atom stereocenters. The number of hydrogen-bond donors (Lipinski definition) is 2. The number of phenols is 1. The van der Waals surface area contributed by atoms with Gasteiger partial charge in [-0.15, -0.1) is 0 Å². The number of methoxy groups -OCH3 is 1. The fourth-order valence-corrected chi connectivity index (χ4v) is 3.43. The molecule has 0 radical (unpaired) electrons. The molecule has 0 spiro atoms. The first-order valence-electron chi connectivity index (χ1n) is 9.85. The molecule has 1 amide bonds. The van der Waals surface area contributed by atoms with E-state index in [1.54, 1.807) is 12.1 Å². The number of aromatic hydroxyl groups is 1. The van der Waals surface area contributed by atoms with Gasteiger partial charge in [-0.2, -0.15) is 5.10 Å². The van der Waals surface area contributed by atoms with Gasteiger partial charge in [0.15, 0.2) is 11.5 Å². The van der Waals surface area contributed by atoms with Crippen LogP contribution in [0.2, 0.25) is 0 Å². The molecule has 8 heteroatoms. The number of carbonyl (C=O) groups excluding carboxylic acids is 1. The topological polar surface area (TPSA) is 89.4 Å². The Balaban J connectivity index is 1.72. The van der Waals surface area contributed by atoms with Crippen molar-refractivity contribution < 1.29 is 24.1 Å². The average molecular weight is 499 g/mol. The van der Waals surface area contributed by atoms with E-state index < -0.39 is 5.91 Å². The normalized spacial score (nSPS) is 10.7. The highest BCUT2D eigenvalue weighted by atomic mass is 79.9. The summed E-state index contributed by atoms with van der Waals surface area (Å²) in [4.78, 5) is 12.3. The van der Waals surface area contributed by atoms with Gasteiger partial charge in [0.25, 0.3) is 5.91 Å². The lowest BCUT2D eigenvalue weighted by Crippen LogP contribution is -2.17. The van der Waals surface area contributed by atoms with E-state index in [0.29, 0.717) is 40.5 Å². The second-order valence-electron chi connectivity index (χ2n) is 6.62. The Kier molecular flexibility index (Phi) is 8.10. The average Bonchev–Trinajstić information content (AvgIpc) is 2.79. The highest BCUT2D eigenvalue weighted by Gasteiger charge is 2.13. The Labute approximate surface area is 194 Å². The van der Waals surface area contributed by atoms with Crippen LogP contribution in [0.5, 0.6) is 23.0 Å². The summed E-state index contributed by atoms with van der Waals surface area (Å²) >= 11 is 3.52. The Morgan fingerprint density at radius 1 is 1.12 bits per heavy atom. The van der Waals surface area contributed by atoms with Crippen molar-refractivity contribution in [2.75, 3.05) is 13.7 Å². The molecule has 166 valence electrons. The number of nitrogens with one attached hydrogen (secondary N) is 1. The van der Waals surface area contributed by atoms with Crippen LogP contribution in [0, 0.1) is 0 Å². The minimum atomic E-state index is -0.548. The molecule has 0 aliphatic carbocycles. The van der Waals surface area contributed by atoms with Crippen molar-refractivity contribution in [1.82, 2.24) is 5.43 Å². The van der Waals surface area contributed by atoms with Gasteiger partial charge in [0.2, 0.25) is 0 Å². The third kappa shape index (κ3) is 6.01. The van der Waals surface area contributed by atoms with Gasteiger partial charge in [-0.3, -0.25) is 4.79 Å². The maximum atomic E-state index is 12.3. The monoisotopic (exact) mass is 498 g/mol. The van der Waals surface area contributed by atoms with Gasteiger partial charge >= 0.3 is 0 Å². The number of ether oxygens (including phenoxy) is 3. The zero-order valence-electron chi connectivity index (χ0n) is 17.7. The maximum Gasteiger partial charge on any atom is 0.275 e. The van der Waals surface area contributed by atoms with Crippen molar-refractivity contribution in [1.29, 1.82) is 0 Å². The molecule has 0 unspecified atom stereocenters. The largest absolute Gasteiger partial charge is 0.507 e. The summed E-state index contributed by atoms with van der Waals surface area (Å²) in [5.41, 5.74) is 4.21. The van der Waals surface area contributed by atoms with Crippen LogP contribution < -0.4 is 19.6 Å². The zero-order chi connectivity index (χ0) is 22.9. The summed E-state index contributed by atoms with van der Waals surface area (Å²) in [6.07, 6.45) is 1.48. The molecule has 0 aliphatic heterocycles. The summed E-state index contributed by atoms with van der Waals surface area (Å²) in [5, 5.41) is 14.0. The van der Waals surface area contributed by atoms with Crippen molar-refractivity contribution in [3.05, 3.63) is 81.8 Å². The number of rotatable bonds is 9. The van der Waals surface area contributed by atoms with Crippen LogP contribution in [0.4, 0.5) is 0 Å². The standard InChI is InChI=1S/C24H23BrN2O5/c1-3-31-22-12-17(11-20(25)23(22)32-15-16-7-5-4-6-8-16)14-26-27-24(29)19-10-9-18(30-2)13-21(19)28/h4-14,28H,3,15H2,1-2H3,(H,27,29)/b26-14-. The van der Waals surface area contributed by atoms with Crippen LogP contribution in [0.15, 0.2) is 70.2 Å². The zero-order valence-corrected chi connectivity index (χ0v) is 19.3. The van der Waals surface area contributed by atoms with Crippen LogP contribution in [-0.4, -0.2) is 30.9 Å². The first-order chi connectivity index (χ1) is 15.5. The van der Waals surface area contributed by atoms with E-state index in [2.05, 4.69) is 26.5 Å². The Hall–Kier alpha value is -3.52. The molecular formula is C24H23BrN2O5. The first-order valence-corrected chi connectivity index (χ1v) is 10.6. The molecule has 3 aromatic carbocycles. The summed E-state index contributed by atoms with van der Waals surface area (Å²) in [7, 11) is 1.48. The molecule has 7 nitrogen and oxygen atoms in total. The van der Waals surface area contributed by atoms with Crippen LogP contribution in [0.25, 0.3) is 0 Å². The van der Waals surface area contributed by atoms with Crippen molar-refractivity contribution >= 4 is 28.1 Å². The highest BCUT2D eigenvalue weighted by molar-refractivity contribution is 9.10. The van der Waals surface area contributed by atoms with Gasteiger partial charge < -0.3 is 19.3 Å². The Morgan fingerprint density at radius 2 is 1.91 bits per heavy atom. The molecule has 0 aromatic heterocycles. The number of carbonyl (C=O) groups is 1. The number of benzene rings is 3. The molecule has 32 heavy (non-hydrogen) atoms. The van der Waals surface area contributed by atoms with E-state index >= 15 is 0 Å². The Morgan fingerprint density at radius 3 is 2.59 bits per heavy atom. The predicted octanol–water partition coefficient (Wildman–Crippen LogP) is 4.90. The minimum Gasteiger partial charge on any atom is -0.507 e. The number of hydrazone groups is 1. The van der Waals surface area contributed by atoms with Gasteiger partial charge in [0.1, 0.15) is 18.1 Å². The predicted molar refractivity (Wildman–Crippen MR) is 126 cm³/mol. The molecule has 0 fully saturated rings. The molecule has 3 rings (SSSR count). The fraction of sp³-hybridized carbons (Fsp3) is 0.167. The second kappa shape index (κ2) is 11.2. The molecule has 0 heterocycles. The summed E-state index contributed by atoms with van der Waals surface area (Å²) in [5.74, 6) is 0.843. The van der Waals surface area contributed by atoms with Gasteiger partial charge in [0.05, 0.1) is 30.0 Å². The quantitative estimate of drug-likeness (QED) is 0.323. The lowest BCUT2D eigenvalue weighted by Gasteiger charge is -2.14. The van der Waals surface area contributed by atoms with Crippen molar-refractivity contribution in [3.63, 3.8) is 0 Å². The number of hydrogen-bond acceptors (Lipinski definition) is 6. The molecule has 0 saturated heterocycles. The van der Waals surface area contributed by atoms with Crippen molar-refractivity contribution in [2.45, 2.75) is 13.5 Å². The molecule has 2 N–H and O–H groups in total. The molecule has 0 saturated carbocycles. The number of amides is 1. The van der Waals surface area contributed by atoms with Crippen LogP contribution in [0.1, 0.15) is 28.4 Å². The number of halogens is 1. The highest BCUT2D eigenvalue weighted by Crippen LogP contribution is 2.37. The van der Waals surface area contributed by atoms with Gasteiger partial charge in [0, 0.05) is 6.07 Å². The van der Waals surface area contributed by atoms with Gasteiger partial charge in [-0.05, 0) is 58.2 Å². The van der Waals surface area contributed by atoms with Crippen LogP contribution >= 0.6 is 15.9 Å². The molecular weight excluding hydrogens is 476 g/mol. The number of nitrogens with zero attached hydrogens (tertiary/aromatic N) is 1. The van der Waals surface area contributed by atoms with E-state index in [4.69, 9.17) is 14.2 Å². The van der Waals surface area contributed by atoms with Gasteiger partial charge in [-0.25, -0.2) is 5.43 Å². The fourth-order valence-electron chi connectivity index (χ4n) is 2.85. The number of phenolic OH excluding ortho intramolecular Hbond substituents is 1. The van der Waals surface area contributed by atoms with E-state index in [-0.39, 0.29) is 11.3 Å². The lowest BCUT2D eigenvalue weighted by atomic mass is 10.2. The summed E-state index contributed by atoms with van der Waals surface area (Å²) < 4.78 is 17.4. The molecule has 0 aliphatic rings. The smallest absolute Gasteiger partial charge is 0.275 e. The molecule has 3 aromatic rings. The second-order valence-corrected chi connectivity index (χ2v) is 7.47. The van der Waals surface area contributed by atoms with Crippen LogP contribution in [0.3, 0.4) is 0 Å². The van der Waals surface area contributed by atoms with E-state index in [9.17, 15) is 9.90 Å². The third-order valence-electron chi connectivity index (χ3n) is 4.39. The lowest BCUT2D eigenvalue weighted by molar-refractivity contribution is 0.0952. The minimum absolute atomic E-state index is 0.0868.